The first-order chi connectivity index (χ1) is 9.90. The number of anilines is 1. The van der Waals surface area contributed by atoms with Gasteiger partial charge in [-0.15, -0.1) is 0 Å². The number of piperidine rings is 1. The van der Waals surface area contributed by atoms with Crippen molar-refractivity contribution in [2.45, 2.75) is 31.7 Å². The molecule has 1 aliphatic heterocycles. The largest absolute Gasteiger partial charge is 0.496 e. The number of rotatable bonds is 3. The van der Waals surface area contributed by atoms with Gasteiger partial charge in [0, 0.05) is 18.3 Å². The fraction of sp³-hybridized carbons (Fsp3) is 0.467. The van der Waals surface area contributed by atoms with E-state index in [2.05, 4.69) is 0 Å². The maximum Gasteiger partial charge on any atom is 0.329 e. The molecule has 0 spiro atoms. The Morgan fingerprint density at radius 1 is 1.38 bits per heavy atom. The highest BCUT2D eigenvalue weighted by Gasteiger charge is 2.44. The number of likely N-dealkylation sites (tertiary alicyclic amines) is 1. The Kier molecular flexibility index (Phi) is 4.06. The van der Waals surface area contributed by atoms with Crippen LogP contribution in [0, 0.1) is 0 Å². The molecule has 1 heterocycles. The molecule has 0 radical (unpaired) electrons. The summed E-state index contributed by atoms with van der Waals surface area (Å²) in [5, 5.41) is 9.49. The molecule has 6 nitrogen and oxygen atoms in total. The quantitative estimate of drug-likeness (QED) is 0.828. The SMILES string of the molecule is COc1cc(N)ccc1C(=O)N1CCCCC1(C)C(=O)O. The molecule has 1 amide bonds. The standard InChI is InChI=1S/C15H20N2O4/c1-15(14(19)20)7-3-4-8-17(15)13(18)11-6-5-10(16)9-12(11)21-2/h5-6,9H,3-4,7-8,16H2,1-2H3,(H,19,20). The van der Waals surface area contributed by atoms with E-state index in [-0.39, 0.29) is 5.91 Å². The molecule has 1 aliphatic rings. The first kappa shape index (κ1) is 15.2. The number of nitrogen functional groups attached to an aromatic ring is 1. The fourth-order valence-corrected chi connectivity index (χ4v) is 2.70. The predicted octanol–water partition coefficient (Wildman–Crippen LogP) is 1.75. The zero-order chi connectivity index (χ0) is 15.6. The second kappa shape index (κ2) is 5.63. The Hall–Kier alpha value is -2.24. The van der Waals surface area contributed by atoms with Crippen molar-refractivity contribution in [1.82, 2.24) is 4.90 Å². The summed E-state index contributed by atoms with van der Waals surface area (Å²) in [6, 6.07) is 4.75. The van der Waals surface area contributed by atoms with Gasteiger partial charge in [0.05, 0.1) is 12.7 Å². The van der Waals surface area contributed by atoms with E-state index in [1.807, 2.05) is 0 Å². The van der Waals surface area contributed by atoms with Gasteiger partial charge in [0.1, 0.15) is 11.3 Å². The Morgan fingerprint density at radius 2 is 2.10 bits per heavy atom. The van der Waals surface area contributed by atoms with Crippen molar-refractivity contribution in [3.63, 3.8) is 0 Å². The van der Waals surface area contributed by atoms with Crippen LogP contribution in [0.25, 0.3) is 0 Å². The number of carboxylic acids is 1. The second-order valence-corrected chi connectivity index (χ2v) is 5.45. The summed E-state index contributed by atoms with van der Waals surface area (Å²) in [4.78, 5) is 25.8. The van der Waals surface area contributed by atoms with Crippen LogP contribution in [0.4, 0.5) is 5.69 Å². The third kappa shape index (κ3) is 2.66. The van der Waals surface area contributed by atoms with E-state index >= 15 is 0 Å². The molecule has 0 saturated carbocycles. The smallest absolute Gasteiger partial charge is 0.329 e. The van der Waals surface area contributed by atoms with Gasteiger partial charge in [0.2, 0.25) is 0 Å². The number of nitrogens with two attached hydrogens (primary N) is 1. The zero-order valence-corrected chi connectivity index (χ0v) is 12.3. The Morgan fingerprint density at radius 3 is 2.71 bits per heavy atom. The number of hydrogen-bond donors (Lipinski definition) is 2. The average Bonchev–Trinajstić information content (AvgIpc) is 2.46. The summed E-state index contributed by atoms with van der Waals surface area (Å²) >= 11 is 0. The van der Waals surface area contributed by atoms with Gasteiger partial charge in [-0.2, -0.15) is 0 Å². The minimum atomic E-state index is -1.18. The van der Waals surface area contributed by atoms with Crippen LogP contribution in [0.2, 0.25) is 0 Å². The number of ether oxygens (including phenoxy) is 1. The number of carbonyl (C=O) groups is 2. The van der Waals surface area contributed by atoms with Gasteiger partial charge in [-0.05, 0) is 38.3 Å². The van der Waals surface area contributed by atoms with Crippen LogP contribution in [-0.4, -0.2) is 41.1 Å². The van der Waals surface area contributed by atoms with Crippen LogP contribution in [0.3, 0.4) is 0 Å². The number of carboxylic acid groups (broad SMARTS) is 1. The lowest BCUT2D eigenvalue weighted by Gasteiger charge is -2.41. The molecule has 1 saturated heterocycles. The summed E-state index contributed by atoms with van der Waals surface area (Å²) in [5.74, 6) is -0.959. The van der Waals surface area contributed by atoms with Crippen molar-refractivity contribution >= 4 is 17.6 Å². The van der Waals surface area contributed by atoms with Crippen LogP contribution in [0.5, 0.6) is 5.75 Å². The maximum atomic E-state index is 12.8. The molecule has 1 atom stereocenters. The summed E-state index contributed by atoms with van der Waals surface area (Å²) in [6.07, 6.45) is 2.04. The van der Waals surface area contributed by atoms with Crippen molar-refractivity contribution in [3.05, 3.63) is 23.8 Å². The van der Waals surface area contributed by atoms with Crippen molar-refractivity contribution in [3.8, 4) is 5.75 Å². The maximum absolute atomic E-state index is 12.8. The lowest BCUT2D eigenvalue weighted by molar-refractivity contribution is -0.150. The van der Waals surface area contributed by atoms with Gasteiger partial charge in [0.15, 0.2) is 0 Å². The van der Waals surface area contributed by atoms with Gasteiger partial charge < -0.3 is 20.5 Å². The van der Waals surface area contributed by atoms with Crippen LogP contribution in [0.15, 0.2) is 18.2 Å². The van der Waals surface area contributed by atoms with E-state index in [1.165, 1.54) is 12.0 Å². The molecule has 114 valence electrons. The van der Waals surface area contributed by atoms with Crippen LogP contribution < -0.4 is 10.5 Å². The van der Waals surface area contributed by atoms with E-state index in [4.69, 9.17) is 10.5 Å². The summed E-state index contributed by atoms with van der Waals surface area (Å²) in [7, 11) is 1.46. The van der Waals surface area contributed by atoms with E-state index in [0.717, 1.165) is 12.8 Å². The number of carbonyl (C=O) groups excluding carboxylic acids is 1. The van der Waals surface area contributed by atoms with E-state index in [0.29, 0.717) is 30.0 Å². The molecule has 21 heavy (non-hydrogen) atoms. The molecule has 3 N–H and O–H groups in total. The van der Waals surface area contributed by atoms with Crippen molar-refractivity contribution < 1.29 is 19.4 Å². The first-order valence-electron chi connectivity index (χ1n) is 6.89. The second-order valence-electron chi connectivity index (χ2n) is 5.45. The third-order valence-corrected chi connectivity index (χ3v) is 4.05. The van der Waals surface area contributed by atoms with Crippen LogP contribution in [-0.2, 0) is 4.79 Å². The Labute approximate surface area is 123 Å². The minimum absolute atomic E-state index is 0.334. The molecule has 0 aromatic heterocycles. The molecule has 2 rings (SSSR count). The molecule has 1 fully saturated rings. The monoisotopic (exact) mass is 292 g/mol. The Bertz CT molecular complexity index is 573. The summed E-state index contributed by atoms with van der Waals surface area (Å²) in [6.45, 7) is 2.02. The van der Waals surface area contributed by atoms with Crippen LogP contribution in [0.1, 0.15) is 36.5 Å². The van der Waals surface area contributed by atoms with Gasteiger partial charge in [0.25, 0.3) is 5.91 Å². The van der Waals surface area contributed by atoms with Crippen molar-refractivity contribution in [1.29, 1.82) is 0 Å². The lowest BCUT2D eigenvalue weighted by Crippen LogP contribution is -2.57. The first-order valence-corrected chi connectivity index (χ1v) is 6.89. The van der Waals surface area contributed by atoms with Gasteiger partial charge in [-0.25, -0.2) is 4.79 Å². The summed E-state index contributed by atoms with van der Waals surface area (Å²) < 4.78 is 5.19. The fourth-order valence-electron chi connectivity index (χ4n) is 2.70. The number of amides is 1. The van der Waals surface area contributed by atoms with Gasteiger partial charge in [-0.1, -0.05) is 0 Å². The molecular formula is C15H20N2O4. The minimum Gasteiger partial charge on any atom is -0.496 e. The van der Waals surface area contributed by atoms with Crippen molar-refractivity contribution in [2.75, 3.05) is 19.4 Å². The lowest BCUT2D eigenvalue weighted by atomic mass is 9.87. The summed E-state index contributed by atoms with van der Waals surface area (Å²) in [5.41, 5.74) is 5.33. The average molecular weight is 292 g/mol. The van der Waals surface area contributed by atoms with Crippen molar-refractivity contribution in [2.24, 2.45) is 0 Å². The molecular weight excluding hydrogens is 272 g/mol. The number of hydrogen-bond acceptors (Lipinski definition) is 4. The molecule has 1 aromatic carbocycles. The molecule has 0 bridgehead atoms. The highest BCUT2D eigenvalue weighted by Crippen LogP contribution is 2.32. The van der Waals surface area contributed by atoms with E-state index < -0.39 is 11.5 Å². The normalized spacial score (nSPS) is 21.9. The third-order valence-electron chi connectivity index (χ3n) is 4.05. The van der Waals surface area contributed by atoms with Crippen LogP contribution >= 0.6 is 0 Å². The highest BCUT2D eigenvalue weighted by molar-refractivity contribution is 6.00. The topological polar surface area (TPSA) is 92.9 Å². The Balaban J connectivity index is 2.40. The zero-order valence-electron chi connectivity index (χ0n) is 12.3. The van der Waals surface area contributed by atoms with E-state index in [9.17, 15) is 14.7 Å². The molecule has 6 heteroatoms. The predicted molar refractivity (Wildman–Crippen MR) is 78.3 cm³/mol. The number of aliphatic carboxylic acids is 1. The van der Waals surface area contributed by atoms with E-state index in [1.54, 1.807) is 25.1 Å². The number of nitrogens with zero attached hydrogens (tertiary/aromatic N) is 1. The van der Waals surface area contributed by atoms with Gasteiger partial charge >= 0.3 is 5.97 Å². The molecule has 0 aliphatic carbocycles. The highest BCUT2D eigenvalue weighted by atomic mass is 16.5. The number of benzene rings is 1. The molecule has 1 unspecified atom stereocenters. The number of methoxy groups -OCH3 is 1. The molecule has 1 aromatic rings. The van der Waals surface area contributed by atoms with Gasteiger partial charge in [-0.3, -0.25) is 4.79 Å².